The summed E-state index contributed by atoms with van der Waals surface area (Å²) in [6.45, 7) is 8.20. The first-order valence-corrected chi connectivity index (χ1v) is 12.1. The van der Waals surface area contributed by atoms with E-state index in [-0.39, 0.29) is 53.8 Å². The van der Waals surface area contributed by atoms with Crippen LogP contribution in [0.2, 0.25) is 0 Å². The van der Waals surface area contributed by atoms with Crippen LogP contribution in [0, 0.1) is 17.3 Å². The summed E-state index contributed by atoms with van der Waals surface area (Å²) < 4.78 is 0. The van der Waals surface area contributed by atoms with Crippen LogP contribution in [0.4, 0.5) is 0 Å². The second-order valence-electron chi connectivity index (χ2n) is 9.67. The third kappa shape index (κ3) is 7.04. The average Bonchev–Trinajstić information content (AvgIpc) is 3.53. The van der Waals surface area contributed by atoms with Crippen LogP contribution in [-0.4, -0.2) is 54.1 Å². The minimum atomic E-state index is -0.618. The maximum Gasteiger partial charge on any atom is 0.245 e. The van der Waals surface area contributed by atoms with Gasteiger partial charge in [-0.1, -0.05) is 40.5 Å². The average molecular weight is 436 g/mol. The van der Waals surface area contributed by atoms with Gasteiger partial charge in [0.1, 0.15) is 6.04 Å². The fourth-order valence-electron chi connectivity index (χ4n) is 4.49. The van der Waals surface area contributed by atoms with Gasteiger partial charge in [-0.3, -0.25) is 19.2 Å². The van der Waals surface area contributed by atoms with Crippen LogP contribution in [-0.2, 0) is 19.2 Å². The Kier molecular flexibility index (Phi) is 9.51. The highest BCUT2D eigenvalue weighted by Crippen LogP contribution is 2.65. The van der Waals surface area contributed by atoms with E-state index >= 15 is 0 Å². The summed E-state index contributed by atoms with van der Waals surface area (Å²) >= 11 is 0. The molecule has 31 heavy (non-hydrogen) atoms. The molecule has 1 spiro atoms. The van der Waals surface area contributed by atoms with E-state index in [1.54, 1.807) is 4.90 Å². The van der Waals surface area contributed by atoms with Crippen LogP contribution in [0.3, 0.4) is 0 Å². The predicted octanol–water partition coefficient (Wildman–Crippen LogP) is 2.82. The smallest absolute Gasteiger partial charge is 0.245 e. The molecule has 0 heterocycles. The first-order valence-electron chi connectivity index (χ1n) is 12.1. The Bertz CT molecular complexity index is 657. The van der Waals surface area contributed by atoms with Crippen molar-refractivity contribution in [2.45, 2.75) is 91.5 Å². The van der Waals surface area contributed by atoms with E-state index in [0.717, 1.165) is 51.4 Å². The molecule has 2 fully saturated rings. The number of nitrogens with zero attached hydrogens (tertiary/aromatic N) is 1. The van der Waals surface area contributed by atoms with Crippen molar-refractivity contribution in [3.8, 4) is 0 Å². The van der Waals surface area contributed by atoms with Crippen LogP contribution >= 0.6 is 0 Å². The van der Waals surface area contributed by atoms with Crippen LogP contribution < -0.4 is 10.6 Å². The molecule has 176 valence electrons. The van der Waals surface area contributed by atoms with Gasteiger partial charge >= 0.3 is 0 Å². The lowest BCUT2D eigenvalue weighted by Gasteiger charge is -2.43. The first-order chi connectivity index (χ1) is 14.7. The van der Waals surface area contributed by atoms with E-state index in [1.165, 1.54) is 0 Å². The molecule has 7 heteroatoms. The van der Waals surface area contributed by atoms with E-state index < -0.39 is 6.04 Å². The Hall–Kier alpha value is -1.92. The topological polar surface area (TPSA) is 95.6 Å². The molecular weight excluding hydrogens is 394 g/mol. The third-order valence-corrected chi connectivity index (χ3v) is 6.87. The molecular formula is C24H41N3O4. The van der Waals surface area contributed by atoms with Crippen molar-refractivity contribution < 1.29 is 19.2 Å². The second-order valence-corrected chi connectivity index (χ2v) is 9.67. The van der Waals surface area contributed by atoms with Crippen molar-refractivity contribution in [2.24, 2.45) is 17.3 Å². The summed E-state index contributed by atoms with van der Waals surface area (Å²) in [5.74, 6) is -0.616. The Morgan fingerprint density at radius 2 is 1.71 bits per heavy atom. The van der Waals surface area contributed by atoms with Gasteiger partial charge in [-0.05, 0) is 49.9 Å². The van der Waals surface area contributed by atoms with E-state index in [0.29, 0.717) is 13.0 Å². The van der Waals surface area contributed by atoms with Crippen molar-refractivity contribution in [3.63, 3.8) is 0 Å². The Labute approximate surface area is 187 Å². The standard InChI is InChI=1S/C24H41N3O4/c1-5-7-8-9-20(29)25-15-21(30)26-22(18-10-11-24(18)12-13-24)23(31)27(14-6-2)16-19(28)17(3)4/h17-18,22H,5-16H2,1-4H3,(H,25,29)(H,26,30). The summed E-state index contributed by atoms with van der Waals surface area (Å²) in [5.41, 5.74) is 0.191. The molecule has 0 aromatic heterocycles. The minimum absolute atomic E-state index is 0.0287. The molecule has 3 amide bonds. The van der Waals surface area contributed by atoms with Crippen LogP contribution in [0.5, 0.6) is 0 Å². The number of unbranched alkanes of at least 4 members (excludes halogenated alkanes) is 2. The third-order valence-electron chi connectivity index (χ3n) is 6.87. The van der Waals surface area contributed by atoms with Gasteiger partial charge in [0.2, 0.25) is 17.7 Å². The van der Waals surface area contributed by atoms with E-state index in [1.807, 2.05) is 20.8 Å². The van der Waals surface area contributed by atoms with Gasteiger partial charge in [-0.15, -0.1) is 0 Å². The summed E-state index contributed by atoms with van der Waals surface area (Å²) in [4.78, 5) is 52.0. The van der Waals surface area contributed by atoms with Gasteiger partial charge in [-0.25, -0.2) is 0 Å². The van der Waals surface area contributed by atoms with Crippen molar-refractivity contribution in [1.29, 1.82) is 0 Å². The lowest BCUT2D eigenvalue weighted by molar-refractivity contribution is -0.143. The molecule has 2 atom stereocenters. The Morgan fingerprint density at radius 1 is 1.00 bits per heavy atom. The Morgan fingerprint density at radius 3 is 2.23 bits per heavy atom. The molecule has 2 unspecified atom stereocenters. The molecule has 7 nitrogen and oxygen atoms in total. The monoisotopic (exact) mass is 435 g/mol. The SMILES string of the molecule is CCCCCC(=O)NCC(=O)NC(C(=O)N(CCC)CC(=O)C(C)C)C1CCC12CC2. The van der Waals surface area contributed by atoms with Crippen LogP contribution in [0.15, 0.2) is 0 Å². The number of Topliss-reactive ketones (excluding diaryl/α,β-unsaturated/α-hetero) is 1. The van der Waals surface area contributed by atoms with E-state index in [4.69, 9.17) is 0 Å². The zero-order chi connectivity index (χ0) is 23.0. The van der Waals surface area contributed by atoms with Crippen molar-refractivity contribution >= 4 is 23.5 Å². The van der Waals surface area contributed by atoms with Crippen LogP contribution in [0.25, 0.3) is 0 Å². The zero-order valence-corrected chi connectivity index (χ0v) is 19.8. The molecule has 0 bridgehead atoms. The maximum absolute atomic E-state index is 13.5. The minimum Gasteiger partial charge on any atom is -0.347 e. The number of nitrogens with one attached hydrogen (secondary N) is 2. The van der Waals surface area contributed by atoms with Crippen molar-refractivity contribution in [2.75, 3.05) is 19.6 Å². The van der Waals surface area contributed by atoms with E-state index in [2.05, 4.69) is 17.6 Å². The fourth-order valence-corrected chi connectivity index (χ4v) is 4.49. The summed E-state index contributed by atoms with van der Waals surface area (Å²) in [6, 6.07) is -0.618. The summed E-state index contributed by atoms with van der Waals surface area (Å²) in [7, 11) is 0. The predicted molar refractivity (Wildman–Crippen MR) is 120 cm³/mol. The molecule has 2 rings (SSSR count). The van der Waals surface area contributed by atoms with Gasteiger partial charge in [0.15, 0.2) is 5.78 Å². The van der Waals surface area contributed by atoms with Gasteiger partial charge < -0.3 is 15.5 Å². The zero-order valence-electron chi connectivity index (χ0n) is 19.8. The highest BCUT2D eigenvalue weighted by Gasteiger charge is 2.59. The largest absolute Gasteiger partial charge is 0.347 e. The van der Waals surface area contributed by atoms with Crippen LogP contribution in [0.1, 0.15) is 85.5 Å². The summed E-state index contributed by atoms with van der Waals surface area (Å²) in [6.07, 6.45) is 8.22. The number of carbonyl (C=O) groups excluding carboxylic acids is 4. The lowest BCUT2D eigenvalue weighted by Crippen LogP contribution is -2.58. The number of hydrogen-bond donors (Lipinski definition) is 2. The van der Waals surface area contributed by atoms with Crippen molar-refractivity contribution in [1.82, 2.24) is 15.5 Å². The quantitative estimate of drug-likeness (QED) is 0.410. The Balaban J connectivity index is 2.01. The molecule has 0 radical (unpaired) electrons. The number of amides is 3. The van der Waals surface area contributed by atoms with E-state index in [9.17, 15) is 19.2 Å². The number of carbonyl (C=O) groups is 4. The molecule has 2 aliphatic carbocycles. The van der Waals surface area contributed by atoms with Gasteiger partial charge in [0.25, 0.3) is 0 Å². The number of ketones is 1. The maximum atomic E-state index is 13.5. The molecule has 2 N–H and O–H groups in total. The molecule has 0 saturated heterocycles. The van der Waals surface area contributed by atoms with Gasteiger partial charge in [0, 0.05) is 18.9 Å². The first kappa shape index (κ1) is 25.3. The molecule has 0 aromatic carbocycles. The normalized spacial score (nSPS) is 19.5. The number of rotatable bonds is 14. The van der Waals surface area contributed by atoms with Gasteiger partial charge in [0.05, 0.1) is 13.1 Å². The molecule has 2 saturated carbocycles. The highest BCUT2D eigenvalue weighted by atomic mass is 16.2. The van der Waals surface area contributed by atoms with Crippen molar-refractivity contribution in [3.05, 3.63) is 0 Å². The second kappa shape index (κ2) is 11.6. The molecule has 0 aliphatic heterocycles. The lowest BCUT2D eigenvalue weighted by atomic mass is 9.66. The fraction of sp³-hybridized carbons (Fsp3) is 0.833. The van der Waals surface area contributed by atoms with Gasteiger partial charge in [-0.2, -0.15) is 0 Å². The molecule has 2 aliphatic rings. The summed E-state index contributed by atoms with van der Waals surface area (Å²) in [5, 5.41) is 5.59. The highest BCUT2D eigenvalue weighted by molar-refractivity contribution is 5.93. The number of hydrogen-bond acceptors (Lipinski definition) is 4. The molecule has 0 aromatic rings.